The van der Waals surface area contributed by atoms with Gasteiger partial charge in [0.2, 0.25) is 0 Å². The molecule has 0 unspecified atom stereocenters. The van der Waals surface area contributed by atoms with Crippen molar-refractivity contribution >= 4 is 0 Å². The molecule has 2 nitrogen and oxygen atoms in total. The highest BCUT2D eigenvalue weighted by atomic mass is 15.2. The Morgan fingerprint density at radius 3 is 2.61 bits per heavy atom. The zero-order valence-corrected chi connectivity index (χ0v) is 12.2. The van der Waals surface area contributed by atoms with Gasteiger partial charge >= 0.3 is 0 Å². The van der Waals surface area contributed by atoms with E-state index < -0.39 is 0 Å². The zero-order chi connectivity index (χ0) is 13.3. The second kappa shape index (κ2) is 5.23. The number of terminal acetylenes is 1. The zero-order valence-electron chi connectivity index (χ0n) is 12.2. The van der Waals surface area contributed by atoms with Gasteiger partial charge in [-0.25, -0.2) is 0 Å². The minimum Gasteiger partial charge on any atom is -0.330 e. The van der Waals surface area contributed by atoms with Gasteiger partial charge in [0.15, 0.2) is 0 Å². The molecule has 3 aliphatic rings. The summed E-state index contributed by atoms with van der Waals surface area (Å²) in [5, 5.41) is 0. The summed E-state index contributed by atoms with van der Waals surface area (Å²) in [4.78, 5) is 2.51. The molecule has 2 bridgehead atoms. The molecule has 3 saturated carbocycles. The summed E-state index contributed by atoms with van der Waals surface area (Å²) in [5.41, 5.74) is 6.20. The molecule has 0 heterocycles. The van der Waals surface area contributed by atoms with E-state index in [4.69, 9.17) is 12.2 Å². The average molecular weight is 248 g/mol. The predicted molar refractivity (Wildman–Crippen MR) is 77.0 cm³/mol. The van der Waals surface area contributed by atoms with Crippen molar-refractivity contribution in [3.63, 3.8) is 0 Å². The number of hydrogen-bond acceptors (Lipinski definition) is 2. The van der Waals surface area contributed by atoms with Crippen LogP contribution in [0, 0.1) is 35.5 Å². The Hall–Kier alpha value is -0.520. The third kappa shape index (κ3) is 2.19. The summed E-state index contributed by atoms with van der Waals surface area (Å²) < 4.78 is 0. The normalized spacial score (nSPS) is 37.1. The lowest BCUT2D eigenvalue weighted by atomic mass is 9.44. The first kappa shape index (κ1) is 13.9. The van der Waals surface area contributed by atoms with Gasteiger partial charge in [0.25, 0.3) is 0 Å². The van der Waals surface area contributed by atoms with Crippen LogP contribution in [0.15, 0.2) is 0 Å². The van der Waals surface area contributed by atoms with E-state index in [-0.39, 0.29) is 0 Å². The fraction of sp³-hybridized carbons (Fsp3) is 0.875. The van der Waals surface area contributed by atoms with Crippen LogP contribution >= 0.6 is 0 Å². The van der Waals surface area contributed by atoms with Crippen LogP contribution in [0.1, 0.15) is 40.0 Å². The predicted octanol–water partition coefficient (Wildman–Crippen LogP) is 2.34. The first-order valence-corrected chi connectivity index (χ1v) is 7.40. The van der Waals surface area contributed by atoms with Crippen molar-refractivity contribution in [2.75, 3.05) is 19.6 Å². The Labute approximate surface area is 112 Å². The van der Waals surface area contributed by atoms with Gasteiger partial charge in [-0.15, -0.1) is 6.42 Å². The van der Waals surface area contributed by atoms with E-state index in [0.717, 1.165) is 43.8 Å². The van der Waals surface area contributed by atoms with Gasteiger partial charge in [0.1, 0.15) is 0 Å². The minimum atomic E-state index is 0.561. The highest BCUT2D eigenvalue weighted by Crippen LogP contribution is 2.61. The summed E-state index contributed by atoms with van der Waals surface area (Å²) in [6.45, 7) is 9.94. The Kier molecular flexibility index (Phi) is 4.04. The topological polar surface area (TPSA) is 29.3 Å². The van der Waals surface area contributed by atoms with Gasteiger partial charge in [0.05, 0.1) is 6.54 Å². The van der Waals surface area contributed by atoms with Crippen LogP contribution in [-0.4, -0.2) is 30.6 Å². The van der Waals surface area contributed by atoms with Crippen LogP contribution < -0.4 is 5.73 Å². The maximum absolute atomic E-state index is 5.64. The minimum absolute atomic E-state index is 0.561. The molecule has 3 aliphatic carbocycles. The standard InChI is InChI=1S/C16H28N2/c1-5-8-18(9-6-7-17)15-11-13-10-14(12(15)2)16(13,3)4/h1,12-15H,6-11,17H2,2-4H3/t12-,13+,14-,15-/m1/s1. The Morgan fingerprint density at radius 1 is 1.39 bits per heavy atom. The van der Waals surface area contributed by atoms with Gasteiger partial charge in [-0.05, 0) is 49.0 Å². The van der Waals surface area contributed by atoms with Gasteiger partial charge in [0, 0.05) is 12.6 Å². The van der Waals surface area contributed by atoms with Crippen molar-refractivity contribution in [3.05, 3.63) is 0 Å². The van der Waals surface area contributed by atoms with Crippen LogP contribution in [0.25, 0.3) is 0 Å². The Morgan fingerprint density at radius 2 is 2.11 bits per heavy atom. The molecule has 4 atom stereocenters. The molecule has 0 amide bonds. The van der Waals surface area contributed by atoms with Crippen LogP contribution in [0.3, 0.4) is 0 Å². The number of hydrogen-bond donors (Lipinski definition) is 1. The molecule has 3 fully saturated rings. The van der Waals surface area contributed by atoms with E-state index in [1.54, 1.807) is 0 Å². The molecule has 2 N–H and O–H groups in total. The monoisotopic (exact) mass is 248 g/mol. The lowest BCUT2D eigenvalue weighted by molar-refractivity contribution is -0.137. The third-order valence-electron chi connectivity index (χ3n) is 5.73. The number of rotatable bonds is 5. The fourth-order valence-corrected chi connectivity index (χ4v) is 4.38. The first-order chi connectivity index (χ1) is 8.52. The van der Waals surface area contributed by atoms with E-state index in [1.807, 2.05) is 0 Å². The van der Waals surface area contributed by atoms with Crippen LogP contribution in [0.5, 0.6) is 0 Å². The molecule has 0 aromatic heterocycles. The quantitative estimate of drug-likeness (QED) is 0.757. The maximum atomic E-state index is 5.64. The first-order valence-electron chi connectivity index (χ1n) is 7.40. The lowest BCUT2D eigenvalue weighted by Gasteiger charge is -2.63. The molecule has 0 aliphatic heterocycles. The van der Waals surface area contributed by atoms with Crippen LogP contribution in [-0.2, 0) is 0 Å². The molecule has 0 aromatic rings. The molecular weight excluding hydrogens is 220 g/mol. The van der Waals surface area contributed by atoms with E-state index >= 15 is 0 Å². The SMILES string of the molecule is C#CCN(CCCN)[C@@H]1C[C@@H]2C[C@H]([C@H]1C)C2(C)C. The van der Waals surface area contributed by atoms with Crippen molar-refractivity contribution in [2.45, 2.75) is 46.1 Å². The second-order valence-electron chi connectivity index (χ2n) is 6.84. The maximum Gasteiger partial charge on any atom is 0.0601 e. The molecule has 18 heavy (non-hydrogen) atoms. The number of nitrogens with zero attached hydrogens (tertiary/aromatic N) is 1. The molecule has 0 spiro atoms. The molecule has 2 heteroatoms. The average Bonchev–Trinajstić information content (AvgIpc) is 2.34. The van der Waals surface area contributed by atoms with Crippen LogP contribution in [0.2, 0.25) is 0 Å². The fourth-order valence-electron chi connectivity index (χ4n) is 4.38. The van der Waals surface area contributed by atoms with Crippen molar-refractivity contribution < 1.29 is 0 Å². The molecule has 102 valence electrons. The van der Waals surface area contributed by atoms with Crippen molar-refractivity contribution in [1.29, 1.82) is 0 Å². The van der Waals surface area contributed by atoms with E-state index in [1.165, 1.54) is 12.8 Å². The van der Waals surface area contributed by atoms with Crippen LogP contribution in [0.4, 0.5) is 0 Å². The highest BCUT2D eigenvalue weighted by Gasteiger charge is 2.56. The Balaban J connectivity index is 2.02. The highest BCUT2D eigenvalue weighted by molar-refractivity contribution is 5.08. The lowest BCUT2D eigenvalue weighted by Crippen LogP contribution is -2.60. The summed E-state index contributed by atoms with van der Waals surface area (Å²) >= 11 is 0. The number of nitrogens with two attached hydrogens (primary N) is 1. The number of fused-ring (bicyclic) bond motifs is 2. The summed E-state index contributed by atoms with van der Waals surface area (Å²) in [7, 11) is 0. The molecular formula is C16H28N2. The van der Waals surface area contributed by atoms with Gasteiger partial charge < -0.3 is 5.73 Å². The van der Waals surface area contributed by atoms with Gasteiger partial charge in [-0.2, -0.15) is 0 Å². The van der Waals surface area contributed by atoms with E-state index in [0.29, 0.717) is 11.5 Å². The van der Waals surface area contributed by atoms with Gasteiger partial charge in [-0.1, -0.05) is 26.7 Å². The molecule has 0 radical (unpaired) electrons. The summed E-state index contributed by atoms with van der Waals surface area (Å²) in [6.07, 6.45) is 9.35. The second-order valence-corrected chi connectivity index (χ2v) is 6.84. The Bertz CT molecular complexity index is 328. The van der Waals surface area contributed by atoms with Crippen molar-refractivity contribution in [3.8, 4) is 12.3 Å². The summed E-state index contributed by atoms with van der Waals surface area (Å²) in [5.74, 6) is 5.40. The third-order valence-corrected chi connectivity index (χ3v) is 5.73. The summed E-state index contributed by atoms with van der Waals surface area (Å²) in [6, 6.07) is 0.685. The van der Waals surface area contributed by atoms with Gasteiger partial charge in [-0.3, -0.25) is 4.90 Å². The molecule has 3 rings (SSSR count). The smallest absolute Gasteiger partial charge is 0.0601 e. The van der Waals surface area contributed by atoms with Crippen molar-refractivity contribution in [2.24, 2.45) is 28.9 Å². The van der Waals surface area contributed by atoms with E-state index in [9.17, 15) is 0 Å². The van der Waals surface area contributed by atoms with Crippen molar-refractivity contribution in [1.82, 2.24) is 4.90 Å². The van der Waals surface area contributed by atoms with E-state index in [2.05, 4.69) is 31.6 Å². The molecule has 0 saturated heterocycles. The molecule has 0 aromatic carbocycles. The largest absolute Gasteiger partial charge is 0.330 e.